The van der Waals surface area contributed by atoms with E-state index in [4.69, 9.17) is 4.74 Å². The van der Waals surface area contributed by atoms with Gasteiger partial charge in [0.1, 0.15) is 0 Å². The molecule has 3 rings (SSSR count). The first-order valence-electron chi connectivity index (χ1n) is 6.84. The summed E-state index contributed by atoms with van der Waals surface area (Å²) in [4.78, 5) is 12.0. The maximum atomic E-state index is 12.0. The van der Waals surface area contributed by atoms with Crippen LogP contribution in [0.25, 0.3) is 0 Å². The fourth-order valence-electron chi connectivity index (χ4n) is 4.64. The van der Waals surface area contributed by atoms with Gasteiger partial charge in [-0.05, 0) is 42.1 Å². The van der Waals surface area contributed by atoms with E-state index in [1.807, 2.05) is 0 Å². The molecule has 0 heterocycles. The summed E-state index contributed by atoms with van der Waals surface area (Å²) in [6, 6.07) is 0. The second-order valence-electron chi connectivity index (χ2n) is 7.10. The lowest BCUT2D eigenvalue weighted by Gasteiger charge is -2.25. The molecule has 0 bridgehead atoms. The highest BCUT2D eigenvalue weighted by atomic mass is 16.5. The van der Waals surface area contributed by atoms with E-state index in [0.717, 1.165) is 30.4 Å². The molecule has 0 saturated heterocycles. The molecule has 3 unspecified atom stereocenters. The van der Waals surface area contributed by atoms with Gasteiger partial charge in [-0.3, -0.25) is 4.79 Å². The zero-order chi connectivity index (χ0) is 13.1. The Morgan fingerprint density at radius 3 is 2.72 bits per heavy atom. The fourth-order valence-corrected chi connectivity index (χ4v) is 4.64. The number of aliphatic hydroxyl groups is 1. The van der Waals surface area contributed by atoms with Gasteiger partial charge < -0.3 is 9.84 Å². The lowest BCUT2D eigenvalue weighted by Crippen LogP contribution is -2.27. The van der Waals surface area contributed by atoms with Crippen LogP contribution in [-0.2, 0) is 9.53 Å². The first-order chi connectivity index (χ1) is 8.36. The van der Waals surface area contributed by atoms with Gasteiger partial charge in [0.2, 0.25) is 0 Å². The summed E-state index contributed by atoms with van der Waals surface area (Å²) in [5.74, 6) is 1.05. The van der Waals surface area contributed by atoms with E-state index in [9.17, 15) is 9.90 Å². The molecule has 0 aliphatic heterocycles. The van der Waals surface area contributed by atoms with Gasteiger partial charge in [-0.2, -0.15) is 0 Å². The lowest BCUT2D eigenvalue weighted by atomic mass is 9.84. The van der Waals surface area contributed by atoms with E-state index < -0.39 is 5.60 Å². The molecule has 0 radical (unpaired) electrons. The van der Waals surface area contributed by atoms with Crippen molar-refractivity contribution < 1.29 is 14.6 Å². The molecule has 0 aromatic carbocycles. The molecular formula is C15H22O3. The fraction of sp³-hybridized carbons (Fsp3) is 0.800. The SMILES string of the molecule is COCC1=C2C3CC(C)(C)CC3CC2(O)CC1=O. The Morgan fingerprint density at radius 1 is 1.33 bits per heavy atom. The lowest BCUT2D eigenvalue weighted by molar-refractivity contribution is -0.117. The van der Waals surface area contributed by atoms with Crippen molar-refractivity contribution >= 4 is 5.78 Å². The van der Waals surface area contributed by atoms with Crippen LogP contribution in [0.2, 0.25) is 0 Å². The molecule has 3 nitrogen and oxygen atoms in total. The zero-order valence-electron chi connectivity index (χ0n) is 11.5. The second-order valence-corrected chi connectivity index (χ2v) is 7.10. The van der Waals surface area contributed by atoms with E-state index in [1.54, 1.807) is 7.11 Å². The van der Waals surface area contributed by atoms with Gasteiger partial charge in [-0.1, -0.05) is 13.8 Å². The van der Waals surface area contributed by atoms with Crippen LogP contribution in [0.15, 0.2) is 11.1 Å². The van der Waals surface area contributed by atoms with E-state index in [2.05, 4.69) is 13.8 Å². The third-order valence-corrected chi connectivity index (χ3v) is 5.03. The highest BCUT2D eigenvalue weighted by Gasteiger charge is 2.58. The Bertz CT molecular complexity index is 435. The number of fused-ring (bicyclic) bond motifs is 3. The minimum atomic E-state index is -0.837. The summed E-state index contributed by atoms with van der Waals surface area (Å²) < 4.78 is 5.16. The Kier molecular flexibility index (Phi) is 2.52. The van der Waals surface area contributed by atoms with E-state index in [0.29, 0.717) is 23.9 Å². The molecule has 2 fully saturated rings. The average Bonchev–Trinajstić information content (AvgIpc) is 2.71. The van der Waals surface area contributed by atoms with Crippen LogP contribution >= 0.6 is 0 Å². The van der Waals surface area contributed by atoms with Gasteiger partial charge in [0.15, 0.2) is 5.78 Å². The van der Waals surface area contributed by atoms with E-state index >= 15 is 0 Å². The summed E-state index contributed by atoms with van der Waals surface area (Å²) in [7, 11) is 1.61. The summed E-state index contributed by atoms with van der Waals surface area (Å²) >= 11 is 0. The Balaban J connectivity index is 2.01. The number of Topliss-reactive ketones (excluding diaryl/α,β-unsaturated/α-hetero) is 1. The second kappa shape index (κ2) is 3.67. The number of carbonyl (C=O) groups is 1. The van der Waals surface area contributed by atoms with Crippen molar-refractivity contribution in [3.8, 4) is 0 Å². The molecule has 3 atom stereocenters. The van der Waals surface area contributed by atoms with Crippen molar-refractivity contribution in [3.05, 3.63) is 11.1 Å². The van der Waals surface area contributed by atoms with E-state index in [-0.39, 0.29) is 12.2 Å². The third-order valence-electron chi connectivity index (χ3n) is 5.03. The van der Waals surface area contributed by atoms with Crippen molar-refractivity contribution in [2.24, 2.45) is 17.3 Å². The predicted octanol–water partition coefficient (Wildman–Crippen LogP) is 2.09. The van der Waals surface area contributed by atoms with Crippen molar-refractivity contribution in [2.45, 2.75) is 45.1 Å². The number of rotatable bonds is 2. The maximum Gasteiger partial charge on any atom is 0.164 e. The molecule has 0 aromatic rings. The summed E-state index contributed by atoms with van der Waals surface area (Å²) in [6.07, 6.45) is 3.32. The topological polar surface area (TPSA) is 46.5 Å². The minimum Gasteiger partial charge on any atom is -0.385 e. The molecule has 2 saturated carbocycles. The van der Waals surface area contributed by atoms with Gasteiger partial charge in [-0.15, -0.1) is 0 Å². The summed E-state index contributed by atoms with van der Waals surface area (Å²) in [6.45, 7) is 4.94. The molecule has 3 heteroatoms. The first kappa shape index (κ1) is 12.4. The van der Waals surface area contributed by atoms with Crippen molar-refractivity contribution in [1.29, 1.82) is 0 Å². The van der Waals surface area contributed by atoms with Crippen LogP contribution in [0.3, 0.4) is 0 Å². The van der Waals surface area contributed by atoms with Gasteiger partial charge in [0.25, 0.3) is 0 Å². The Labute approximate surface area is 108 Å². The number of hydrogen-bond acceptors (Lipinski definition) is 3. The van der Waals surface area contributed by atoms with Crippen molar-refractivity contribution in [1.82, 2.24) is 0 Å². The van der Waals surface area contributed by atoms with Crippen LogP contribution < -0.4 is 0 Å². The van der Waals surface area contributed by atoms with Gasteiger partial charge in [0, 0.05) is 19.1 Å². The monoisotopic (exact) mass is 250 g/mol. The maximum absolute atomic E-state index is 12.0. The van der Waals surface area contributed by atoms with Crippen LogP contribution in [0.1, 0.15) is 39.5 Å². The number of ketones is 1. The van der Waals surface area contributed by atoms with Crippen LogP contribution in [0.4, 0.5) is 0 Å². The molecule has 0 aromatic heterocycles. The minimum absolute atomic E-state index is 0.0949. The Hall–Kier alpha value is -0.670. The highest BCUT2D eigenvalue weighted by molar-refractivity contribution is 6.01. The number of methoxy groups -OCH3 is 1. The number of hydrogen-bond donors (Lipinski definition) is 1. The molecule has 3 aliphatic carbocycles. The molecule has 100 valence electrons. The molecule has 0 spiro atoms. The molecule has 1 N–H and O–H groups in total. The van der Waals surface area contributed by atoms with Gasteiger partial charge in [-0.25, -0.2) is 0 Å². The first-order valence-corrected chi connectivity index (χ1v) is 6.84. The average molecular weight is 250 g/mol. The quantitative estimate of drug-likeness (QED) is 0.816. The largest absolute Gasteiger partial charge is 0.385 e. The van der Waals surface area contributed by atoms with E-state index in [1.165, 1.54) is 0 Å². The molecule has 0 amide bonds. The Morgan fingerprint density at radius 2 is 2.06 bits per heavy atom. The standard InChI is InChI=1S/C15H22O3/c1-14(2)4-9-5-15(17)7-12(16)11(8-18-3)13(15)10(9)6-14/h9-10,17H,4-8H2,1-3H3. The highest BCUT2D eigenvalue weighted by Crippen LogP contribution is 2.61. The normalized spacial score (nSPS) is 41.4. The van der Waals surface area contributed by atoms with Crippen molar-refractivity contribution in [3.63, 3.8) is 0 Å². The van der Waals surface area contributed by atoms with Crippen molar-refractivity contribution in [2.75, 3.05) is 13.7 Å². The third kappa shape index (κ3) is 1.60. The zero-order valence-corrected chi connectivity index (χ0v) is 11.5. The molecule has 3 aliphatic rings. The predicted molar refractivity (Wildman–Crippen MR) is 68.1 cm³/mol. The molecule has 18 heavy (non-hydrogen) atoms. The summed E-state index contributed by atoms with van der Waals surface area (Å²) in [5, 5.41) is 10.7. The molecular weight excluding hydrogens is 228 g/mol. The number of carbonyl (C=O) groups excluding carboxylic acids is 1. The van der Waals surface area contributed by atoms with Crippen LogP contribution in [-0.4, -0.2) is 30.2 Å². The smallest absolute Gasteiger partial charge is 0.164 e. The summed E-state index contributed by atoms with van der Waals surface area (Å²) in [5.41, 5.74) is 1.31. The van der Waals surface area contributed by atoms with Gasteiger partial charge in [0.05, 0.1) is 12.2 Å². The van der Waals surface area contributed by atoms with Crippen LogP contribution in [0.5, 0.6) is 0 Å². The van der Waals surface area contributed by atoms with Crippen LogP contribution in [0, 0.1) is 17.3 Å². The number of ether oxygens (including phenoxy) is 1. The van der Waals surface area contributed by atoms with Gasteiger partial charge >= 0.3 is 0 Å².